The van der Waals surface area contributed by atoms with Gasteiger partial charge in [0.15, 0.2) is 11.5 Å². The smallest absolute Gasteiger partial charge is 0.161 e. The van der Waals surface area contributed by atoms with Crippen LogP contribution in [0, 0.1) is 5.92 Å². The number of nitrogens with two attached hydrogens (primary N) is 1. The van der Waals surface area contributed by atoms with Crippen molar-refractivity contribution in [3.8, 4) is 11.5 Å². The largest absolute Gasteiger partial charge is 0.493 e. The molecular weight excluding hydrogens is 240 g/mol. The fourth-order valence-corrected chi connectivity index (χ4v) is 2.51. The molecule has 1 aromatic carbocycles. The van der Waals surface area contributed by atoms with Crippen molar-refractivity contribution in [1.29, 1.82) is 0 Å². The van der Waals surface area contributed by atoms with Crippen molar-refractivity contribution in [3.63, 3.8) is 0 Å². The Morgan fingerprint density at radius 2 is 1.89 bits per heavy atom. The maximum Gasteiger partial charge on any atom is 0.161 e. The van der Waals surface area contributed by atoms with Gasteiger partial charge in [-0.1, -0.05) is 18.9 Å². The van der Waals surface area contributed by atoms with Crippen LogP contribution in [0.5, 0.6) is 11.5 Å². The monoisotopic (exact) mass is 262 g/mol. The number of amidine groups is 1. The fourth-order valence-electron chi connectivity index (χ4n) is 2.51. The minimum Gasteiger partial charge on any atom is -0.493 e. The average Bonchev–Trinajstić information content (AvgIpc) is 2.98. The van der Waals surface area contributed by atoms with E-state index in [2.05, 4.69) is 4.99 Å². The molecule has 2 rings (SSSR count). The van der Waals surface area contributed by atoms with Crippen LogP contribution in [0.25, 0.3) is 0 Å². The first kappa shape index (κ1) is 13.7. The fraction of sp³-hybridized carbons (Fsp3) is 0.533. The molecule has 0 bridgehead atoms. The van der Waals surface area contributed by atoms with Gasteiger partial charge in [0, 0.05) is 5.92 Å². The Hall–Kier alpha value is -1.71. The van der Waals surface area contributed by atoms with Crippen LogP contribution in [0.4, 0.5) is 0 Å². The molecule has 4 heteroatoms. The predicted octanol–water partition coefficient (Wildman–Crippen LogP) is 2.75. The predicted molar refractivity (Wildman–Crippen MR) is 76.8 cm³/mol. The quantitative estimate of drug-likeness (QED) is 0.655. The molecule has 4 nitrogen and oxygen atoms in total. The van der Waals surface area contributed by atoms with Gasteiger partial charge < -0.3 is 15.2 Å². The van der Waals surface area contributed by atoms with Gasteiger partial charge in [-0.3, -0.25) is 4.99 Å². The lowest BCUT2D eigenvalue weighted by molar-refractivity contribution is 0.354. The second-order valence-electron chi connectivity index (χ2n) is 4.91. The molecule has 0 aliphatic heterocycles. The molecule has 0 amide bonds. The summed E-state index contributed by atoms with van der Waals surface area (Å²) in [6.45, 7) is 0.600. The molecule has 104 valence electrons. The molecule has 1 aliphatic rings. The summed E-state index contributed by atoms with van der Waals surface area (Å²) in [5, 5.41) is 0. The molecule has 1 aliphatic carbocycles. The maximum atomic E-state index is 6.05. The van der Waals surface area contributed by atoms with Crippen LogP contribution in [0.15, 0.2) is 23.2 Å². The minimum absolute atomic E-state index is 0.486. The first-order valence-corrected chi connectivity index (χ1v) is 6.75. The van der Waals surface area contributed by atoms with Gasteiger partial charge in [-0.15, -0.1) is 0 Å². The average molecular weight is 262 g/mol. The van der Waals surface area contributed by atoms with E-state index in [1.54, 1.807) is 14.2 Å². The maximum absolute atomic E-state index is 6.05. The highest BCUT2D eigenvalue weighted by molar-refractivity contribution is 5.83. The minimum atomic E-state index is 0.486. The van der Waals surface area contributed by atoms with Crippen LogP contribution >= 0.6 is 0 Å². The van der Waals surface area contributed by atoms with Gasteiger partial charge >= 0.3 is 0 Å². The third-order valence-electron chi connectivity index (χ3n) is 3.67. The van der Waals surface area contributed by atoms with Gasteiger partial charge in [0.2, 0.25) is 0 Å². The number of hydrogen-bond acceptors (Lipinski definition) is 3. The molecule has 1 fully saturated rings. The molecule has 2 N–H and O–H groups in total. The molecule has 0 radical (unpaired) electrons. The third-order valence-corrected chi connectivity index (χ3v) is 3.67. The van der Waals surface area contributed by atoms with E-state index in [1.165, 1.54) is 25.7 Å². The molecular formula is C15H22N2O2. The van der Waals surface area contributed by atoms with E-state index in [9.17, 15) is 0 Å². The Bertz CT molecular complexity index is 451. The lowest BCUT2D eigenvalue weighted by Gasteiger charge is -2.10. The van der Waals surface area contributed by atoms with Crippen LogP contribution < -0.4 is 15.2 Å². The lowest BCUT2D eigenvalue weighted by atomic mass is 10.1. The molecule has 0 unspecified atom stereocenters. The summed E-state index contributed by atoms with van der Waals surface area (Å²) in [6.07, 6.45) is 4.91. The Kier molecular flexibility index (Phi) is 4.66. The Morgan fingerprint density at radius 1 is 1.21 bits per heavy atom. The molecule has 1 saturated carbocycles. The number of aliphatic imine (C=N–C) groups is 1. The van der Waals surface area contributed by atoms with Crippen molar-refractivity contribution in [2.75, 3.05) is 14.2 Å². The van der Waals surface area contributed by atoms with E-state index in [1.807, 2.05) is 18.2 Å². The zero-order valence-corrected chi connectivity index (χ0v) is 11.7. The van der Waals surface area contributed by atoms with Crippen LogP contribution in [0.1, 0.15) is 31.2 Å². The molecule has 1 aromatic rings. The van der Waals surface area contributed by atoms with Crippen molar-refractivity contribution in [2.45, 2.75) is 32.2 Å². The van der Waals surface area contributed by atoms with Gasteiger partial charge in [-0.2, -0.15) is 0 Å². The number of ether oxygens (including phenoxy) is 2. The van der Waals surface area contributed by atoms with Gasteiger partial charge in [-0.25, -0.2) is 0 Å². The van der Waals surface area contributed by atoms with Crippen molar-refractivity contribution in [1.82, 2.24) is 0 Å². The number of methoxy groups -OCH3 is 2. The molecule has 0 spiro atoms. The summed E-state index contributed by atoms with van der Waals surface area (Å²) in [4.78, 5) is 4.51. The number of hydrogen-bond donors (Lipinski definition) is 1. The van der Waals surface area contributed by atoms with Crippen LogP contribution in [0.3, 0.4) is 0 Å². The van der Waals surface area contributed by atoms with E-state index in [4.69, 9.17) is 15.2 Å². The summed E-state index contributed by atoms with van der Waals surface area (Å²) in [5.74, 6) is 2.75. The molecule has 0 atom stereocenters. The van der Waals surface area contributed by atoms with Crippen molar-refractivity contribution < 1.29 is 9.47 Å². The number of nitrogens with zero attached hydrogens (tertiary/aromatic N) is 1. The van der Waals surface area contributed by atoms with E-state index in [-0.39, 0.29) is 0 Å². The van der Waals surface area contributed by atoms with E-state index in [0.717, 1.165) is 22.9 Å². The molecule has 19 heavy (non-hydrogen) atoms. The third kappa shape index (κ3) is 3.40. The second-order valence-corrected chi connectivity index (χ2v) is 4.91. The van der Waals surface area contributed by atoms with Crippen molar-refractivity contribution >= 4 is 5.84 Å². The van der Waals surface area contributed by atoms with Gasteiger partial charge in [0.1, 0.15) is 0 Å². The first-order chi connectivity index (χ1) is 9.24. The molecule has 0 heterocycles. The summed E-state index contributed by atoms with van der Waals surface area (Å²) in [6, 6.07) is 5.84. The van der Waals surface area contributed by atoms with E-state index < -0.39 is 0 Å². The van der Waals surface area contributed by atoms with Crippen molar-refractivity contribution in [2.24, 2.45) is 16.6 Å². The SMILES string of the molecule is COc1ccc(CN=C(N)C2CCCC2)cc1OC. The zero-order chi connectivity index (χ0) is 13.7. The first-order valence-electron chi connectivity index (χ1n) is 6.75. The molecule has 0 saturated heterocycles. The summed E-state index contributed by atoms with van der Waals surface area (Å²) in [5.41, 5.74) is 7.13. The summed E-state index contributed by atoms with van der Waals surface area (Å²) < 4.78 is 10.5. The zero-order valence-electron chi connectivity index (χ0n) is 11.7. The van der Waals surface area contributed by atoms with Gasteiger partial charge in [0.25, 0.3) is 0 Å². The standard InChI is InChI=1S/C15H22N2O2/c1-18-13-8-7-11(9-14(13)19-2)10-17-15(16)12-5-3-4-6-12/h7-9,12H,3-6,10H2,1-2H3,(H2,16,17). The second kappa shape index (κ2) is 6.45. The Balaban J connectivity index is 2.04. The van der Waals surface area contributed by atoms with Crippen molar-refractivity contribution in [3.05, 3.63) is 23.8 Å². The van der Waals surface area contributed by atoms with E-state index >= 15 is 0 Å². The Labute approximate surface area is 114 Å². The van der Waals surface area contributed by atoms with Crippen LogP contribution in [-0.4, -0.2) is 20.1 Å². The van der Waals surface area contributed by atoms with E-state index in [0.29, 0.717) is 12.5 Å². The highest BCUT2D eigenvalue weighted by atomic mass is 16.5. The van der Waals surface area contributed by atoms with Crippen LogP contribution in [-0.2, 0) is 6.54 Å². The summed E-state index contributed by atoms with van der Waals surface area (Å²) >= 11 is 0. The van der Waals surface area contributed by atoms with Gasteiger partial charge in [0.05, 0.1) is 26.6 Å². The lowest BCUT2D eigenvalue weighted by Crippen LogP contribution is -2.21. The topological polar surface area (TPSA) is 56.8 Å². The highest BCUT2D eigenvalue weighted by Gasteiger charge is 2.18. The normalized spacial score (nSPS) is 16.6. The number of rotatable bonds is 5. The van der Waals surface area contributed by atoms with Gasteiger partial charge in [-0.05, 0) is 30.5 Å². The summed E-state index contributed by atoms with van der Waals surface area (Å²) in [7, 11) is 3.27. The Morgan fingerprint density at radius 3 is 2.53 bits per heavy atom. The highest BCUT2D eigenvalue weighted by Crippen LogP contribution is 2.28. The molecule has 0 aromatic heterocycles. The van der Waals surface area contributed by atoms with Crippen LogP contribution in [0.2, 0.25) is 0 Å². The number of benzene rings is 1.